The largest absolute Gasteiger partial charge is 0.477 e. The first kappa shape index (κ1) is 13.5. The molecule has 1 aromatic rings. The van der Waals surface area contributed by atoms with Gasteiger partial charge in [-0.3, -0.25) is 0 Å². The van der Waals surface area contributed by atoms with Crippen LogP contribution in [0.2, 0.25) is 0 Å². The maximum Gasteiger partial charge on any atom is 0.346 e. The molecule has 0 spiro atoms. The molecule has 0 saturated heterocycles. The SMILES string of the molecule is O=C(O)c1sccc1CNCCCOCC1CC1. The second kappa shape index (κ2) is 6.87. The fraction of sp³-hybridized carbons (Fsp3) is 0.615. The van der Waals surface area contributed by atoms with Crippen LogP contribution in [0.15, 0.2) is 11.4 Å². The van der Waals surface area contributed by atoms with E-state index in [0.29, 0.717) is 11.4 Å². The molecule has 1 heterocycles. The van der Waals surface area contributed by atoms with Gasteiger partial charge in [0.25, 0.3) is 0 Å². The number of nitrogens with one attached hydrogen (secondary N) is 1. The first-order valence-corrected chi connectivity index (χ1v) is 7.23. The number of rotatable bonds is 9. The van der Waals surface area contributed by atoms with Gasteiger partial charge in [0, 0.05) is 19.8 Å². The van der Waals surface area contributed by atoms with Crippen LogP contribution >= 0.6 is 11.3 Å². The van der Waals surface area contributed by atoms with E-state index < -0.39 is 5.97 Å². The normalized spacial score (nSPS) is 14.9. The molecule has 1 fully saturated rings. The van der Waals surface area contributed by atoms with E-state index in [0.717, 1.165) is 37.7 Å². The summed E-state index contributed by atoms with van der Waals surface area (Å²) in [5.41, 5.74) is 0.867. The average Bonchev–Trinajstić information content (AvgIpc) is 3.04. The Labute approximate surface area is 111 Å². The van der Waals surface area contributed by atoms with Crippen molar-refractivity contribution in [3.05, 3.63) is 21.9 Å². The Morgan fingerprint density at radius 1 is 1.56 bits per heavy atom. The van der Waals surface area contributed by atoms with Crippen molar-refractivity contribution in [1.82, 2.24) is 5.32 Å². The van der Waals surface area contributed by atoms with E-state index in [1.807, 2.05) is 11.4 Å². The van der Waals surface area contributed by atoms with Gasteiger partial charge in [-0.05, 0) is 48.7 Å². The highest BCUT2D eigenvalue weighted by atomic mass is 32.1. The van der Waals surface area contributed by atoms with Gasteiger partial charge in [-0.1, -0.05) is 0 Å². The van der Waals surface area contributed by atoms with E-state index in [-0.39, 0.29) is 0 Å². The summed E-state index contributed by atoms with van der Waals surface area (Å²) >= 11 is 1.28. The van der Waals surface area contributed by atoms with Gasteiger partial charge in [0.2, 0.25) is 0 Å². The Hall–Kier alpha value is -0.910. The van der Waals surface area contributed by atoms with Crippen molar-refractivity contribution in [3.8, 4) is 0 Å². The van der Waals surface area contributed by atoms with Crippen LogP contribution < -0.4 is 5.32 Å². The Kier molecular flexibility index (Phi) is 5.16. The number of ether oxygens (including phenoxy) is 1. The van der Waals surface area contributed by atoms with Gasteiger partial charge in [0.1, 0.15) is 4.88 Å². The number of hydrogen-bond acceptors (Lipinski definition) is 4. The molecule has 0 aliphatic heterocycles. The van der Waals surface area contributed by atoms with Crippen molar-refractivity contribution in [2.24, 2.45) is 5.92 Å². The summed E-state index contributed by atoms with van der Waals surface area (Å²) < 4.78 is 5.52. The second-order valence-corrected chi connectivity index (χ2v) is 5.54. The van der Waals surface area contributed by atoms with Crippen LogP contribution in [0.5, 0.6) is 0 Å². The van der Waals surface area contributed by atoms with E-state index in [1.165, 1.54) is 24.2 Å². The molecule has 0 unspecified atom stereocenters. The lowest BCUT2D eigenvalue weighted by Crippen LogP contribution is -2.17. The molecule has 0 aromatic carbocycles. The molecule has 5 heteroatoms. The number of carboxylic acid groups (broad SMARTS) is 1. The summed E-state index contributed by atoms with van der Waals surface area (Å²) in [4.78, 5) is 11.3. The molecule has 4 nitrogen and oxygen atoms in total. The third-order valence-electron chi connectivity index (χ3n) is 2.95. The molecule has 0 atom stereocenters. The Morgan fingerprint density at radius 3 is 3.11 bits per heavy atom. The molecule has 18 heavy (non-hydrogen) atoms. The van der Waals surface area contributed by atoms with Gasteiger partial charge < -0.3 is 15.2 Å². The van der Waals surface area contributed by atoms with Crippen molar-refractivity contribution >= 4 is 17.3 Å². The number of carbonyl (C=O) groups is 1. The minimum Gasteiger partial charge on any atom is -0.477 e. The van der Waals surface area contributed by atoms with E-state index in [2.05, 4.69) is 5.32 Å². The third-order valence-corrected chi connectivity index (χ3v) is 3.89. The molecule has 1 aliphatic rings. The van der Waals surface area contributed by atoms with Crippen molar-refractivity contribution in [2.45, 2.75) is 25.8 Å². The van der Waals surface area contributed by atoms with Crippen LogP contribution in [0, 0.1) is 5.92 Å². The Balaban J connectivity index is 1.54. The van der Waals surface area contributed by atoms with E-state index >= 15 is 0 Å². The number of carboxylic acids is 1. The van der Waals surface area contributed by atoms with Crippen molar-refractivity contribution in [3.63, 3.8) is 0 Å². The zero-order valence-corrected chi connectivity index (χ0v) is 11.2. The second-order valence-electron chi connectivity index (χ2n) is 4.63. The van der Waals surface area contributed by atoms with Gasteiger partial charge in [-0.2, -0.15) is 0 Å². The number of aromatic carboxylic acids is 1. The first-order chi connectivity index (χ1) is 8.77. The zero-order valence-electron chi connectivity index (χ0n) is 10.4. The molecule has 0 bridgehead atoms. The molecule has 1 saturated carbocycles. The van der Waals surface area contributed by atoms with Crippen LogP contribution in [0.1, 0.15) is 34.5 Å². The maximum atomic E-state index is 10.9. The lowest BCUT2D eigenvalue weighted by molar-refractivity contribution is 0.0701. The lowest BCUT2D eigenvalue weighted by Gasteiger charge is -2.05. The Bertz CT molecular complexity index is 387. The topological polar surface area (TPSA) is 58.6 Å². The summed E-state index contributed by atoms with van der Waals surface area (Å²) in [7, 11) is 0. The van der Waals surface area contributed by atoms with E-state index in [9.17, 15) is 4.79 Å². The van der Waals surface area contributed by atoms with Gasteiger partial charge >= 0.3 is 5.97 Å². The van der Waals surface area contributed by atoms with Crippen LogP contribution in [-0.4, -0.2) is 30.8 Å². The van der Waals surface area contributed by atoms with Crippen LogP contribution in [0.3, 0.4) is 0 Å². The molecular formula is C13H19NO3S. The monoisotopic (exact) mass is 269 g/mol. The predicted octanol–water partition coefficient (Wildman–Crippen LogP) is 2.35. The standard InChI is InChI=1S/C13H19NO3S/c15-13(16)12-11(4-7-18-12)8-14-5-1-6-17-9-10-2-3-10/h4,7,10,14H,1-3,5-6,8-9H2,(H,15,16). The predicted molar refractivity (Wildman–Crippen MR) is 71.1 cm³/mol. The summed E-state index contributed by atoms with van der Waals surface area (Å²) in [6.45, 7) is 3.18. The van der Waals surface area contributed by atoms with Crippen molar-refractivity contribution in [1.29, 1.82) is 0 Å². The van der Waals surface area contributed by atoms with Crippen molar-refractivity contribution in [2.75, 3.05) is 19.8 Å². The fourth-order valence-corrected chi connectivity index (χ4v) is 2.48. The molecule has 0 radical (unpaired) electrons. The molecule has 1 aromatic heterocycles. The molecule has 2 rings (SSSR count). The summed E-state index contributed by atoms with van der Waals surface area (Å²) in [5.74, 6) is -0.0172. The van der Waals surface area contributed by atoms with Gasteiger partial charge in [0.15, 0.2) is 0 Å². The zero-order chi connectivity index (χ0) is 12.8. The molecule has 1 aliphatic carbocycles. The average molecular weight is 269 g/mol. The molecular weight excluding hydrogens is 250 g/mol. The molecule has 0 amide bonds. The molecule has 2 N–H and O–H groups in total. The van der Waals surface area contributed by atoms with Crippen LogP contribution in [0.25, 0.3) is 0 Å². The smallest absolute Gasteiger partial charge is 0.346 e. The summed E-state index contributed by atoms with van der Waals surface area (Å²) in [5, 5.41) is 14.0. The van der Waals surface area contributed by atoms with Crippen molar-refractivity contribution < 1.29 is 14.6 Å². The van der Waals surface area contributed by atoms with E-state index in [1.54, 1.807) is 0 Å². The third kappa shape index (κ3) is 4.40. The highest BCUT2D eigenvalue weighted by molar-refractivity contribution is 7.12. The number of thiophene rings is 1. The van der Waals surface area contributed by atoms with Crippen LogP contribution in [0.4, 0.5) is 0 Å². The highest BCUT2D eigenvalue weighted by Crippen LogP contribution is 2.28. The van der Waals surface area contributed by atoms with Crippen LogP contribution in [-0.2, 0) is 11.3 Å². The highest BCUT2D eigenvalue weighted by Gasteiger charge is 2.20. The van der Waals surface area contributed by atoms with Gasteiger partial charge in [-0.25, -0.2) is 4.79 Å². The Morgan fingerprint density at radius 2 is 2.39 bits per heavy atom. The first-order valence-electron chi connectivity index (χ1n) is 6.35. The van der Waals surface area contributed by atoms with E-state index in [4.69, 9.17) is 9.84 Å². The minimum atomic E-state index is -0.838. The lowest BCUT2D eigenvalue weighted by atomic mass is 10.2. The summed E-state index contributed by atoms with van der Waals surface area (Å²) in [6.07, 6.45) is 3.63. The van der Waals surface area contributed by atoms with Gasteiger partial charge in [-0.15, -0.1) is 11.3 Å². The molecule has 100 valence electrons. The summed E-state index contributed by atoms with van der Waals surface area (Å²) in [6, 6.07) is 1.87. The quantitative estimate of drug-likeness (QED) is 0.676. The maximum absolute atomic E-state index is 10.9. The fourth-order valence-electron chi connectivity index (χ4n) is 1.72. The number of hydrogen-bond donors (Lipinski definition) is 2. The van der Waals surface area contributed by atoms with Gasteiger partial charge in [0.05, 0.1) is 0 Å². The minimum absolute atomic E-state index is 0.437.